The third-order valence-corrected chi connectivity index (χ3v) is 5.51. The van der Waals surface area contributed by atoms with Crippen molar-refractivity contribution in [3.63, 3.8) is 0 Å². The number of amides is 1. The van der Waals surface area contributed by atoms with Crippen LogP contribution in [0.3, 0.4) is 0 Å². The third-order valence-electron chi connectivity index (χ3n) is 5.51. The van der Waals surface area contributed by atoms with Crippen molar-refractivity contribution in [3.05, 3.63) is 35.6 Å². The van der Waals surface area contributed by atoms with Crippen LogP contribution in [0.1, 0.15) is 58.1 Å². The van der Waals surface area contributed by atoms with E-state index in [0.29, 0.717) is 0 Å². The monoisotopic (exact) mass is 368 g/mol. The van der Waals surface area contributed by atoms with Gasteiger partial charge in [0.2, 0.25) is 5.91 Å². The predicted molar refractivity (Wildman–Crippen MR) is 101 cm³/mol. The quantitative estimate of drug-likeness (QED) is 0.834. The fourth-order valence-corrected chi connectivity index (χ4v) is 4.03. The summed E-state index contributed by atoms with van der Waals surface area (Å²) < 4.78 is 13.2. The normalized spacial score (nSPS) is 22.8. The minimum Gasteiger partial charge on any atom is -0.349 e. The second-order valence-electron chi connectivity index (χ2n) is 8.75. The molecule has 1 aromatic rings. The molecule has 5 heteroatoms. The zero-order valence-corrected chi connectivity index (χ0v) is 16.2. The molecule has 1 aromatic carbocycles. The molecule has 1 saturated carbocycles. The Labute approximate surface area is 156 Å². The van der Waals surface area contributed by atoms with Gasteiger partial charge in [-0.2, -0.15) is 0 Å². The summed E-state index contributed by atoms with van der Waals surface area (Å²) in [5, 5.41) is 6.64. The molecule has 3 nitrogen and oxygen atoms in total. The van der Waals surface area contributed by atoms with Crippen molar-refractivity contribution in [2.75, 3.05) is 13.1 Å². The summed E-state index contributed by atoms with van der Waals surface area (Å²) in [6.45, 7) is 8.55. The molecule has 1 spiro atoms. The Balaban J connectivity index is 0.00000225. The molecular weight excluding hydrogens is 339 g/mol. The minimum atomic E-state index is -0.240. The Morgan fingerprint density at radius 2 is 1.88 bits per heavy atom. The molecule has 2 atom stereocenters. The van der Waals surface area contributed by atoms with Crippen LogP contribution in [-0.2, 0) is 4.79 Å². The highest BCUT2D eigenvalue weighted by molar-refractivity contribution is 5.85. The highest BCUT2D eigenvalue weighted by atomic mass is 35.5. The molecule has 1 aliphatic carbocycles. The van der Waals surface area contributed by atoms with Gasteiger partial charge in [-0.25, -0.2) is 4.39 Å². The zero-order chi connectivity index (χ0) is 17.4. The molecule has 25 heavy (non-hydrogen) atoms. The van der Waals surface area contributed by atoms with Gasteiger partial charge in [0.1, 0.15) is 5.82 Å². The summed E-state index contributed by atoms with van der Waals surface area (Å²) in [4.78, 5) is 12.8. The van der Waals surface area contributed by atoms with Crippen molar-refractivity contribution in [2.24, 2.45) is 16.7 Å². The van der Waals surface area contributed by atoms with E-state index >= 15 is 0 Å². The van der Waals surface area contributed by atoms with E-state index in [9.17, 15) is 9.18 Å². The number of nitrogens with one attached hydrogen (secondary N) is 2. The molecule has 2 N–H and O–H groups in total. The summed E-state index contributed by atoms with van der Waals surface area (Å²) >= 11 is 0. The SMILES string of the molecule is CC(C)(C)CC(NC(=O)C1CC12CCNCC2)c1ccc(F)cc1.Cl. The molecule has 1 aliphatic heterocycles. The van der Waals surface area contributed by atoms with Crippen molar-refractivity contribution in [2.45, 2.75) is 52.5 Å². The molecule has 140 valence electrons. The van der Waals surface area contributed by atoms with Gasteiger partial charge in [-0.05, 0) is 67.3 Å². The fraction of sp³-hybridized carbons (Fsp3) is 0.650. The van der Waals surface area contributed by atoms with E-state index in [1.54, 1.807) is 12.1 Å². The predicted octanol–water partition coefficient (Wildman–Crippen LogP) is 4.23. The standard InChI is InChI=1S/C20H29FN2O.ClH/c1-19(2,3)13-17(14-4-6-15(21)7-5-14)23-18(24)16-12-20(16)8-10-22-11-9-20;/h4-7,16-17,22H,8-13H2,1-3H3,(H,23,24);1H. The maximum atomic E-state index is 13.2. The van der Waals surface area contributed by atoms with E-state index in [0.717, 1.165) is 44.3 Å². The van der Waals surface area contributed by atoms with E-state index in [4.69, 9.17) is 0 Å². The van der Waals surface area contributed by atoms with Gasteiger partial charge in [0.15, 0.2) is 0 Å². The van der Waals surface area contributed by atoms with Gasteiger partial charge >= 0.3 is 0 Å². The largest absolute Gasteiger partial charge is 0.349 e. The second kappa shape index (κ2) is 7.63. The van der Waals surface area contributed by atoms with Crippen molar-refractivity contribution in [3.8, 4) is 0 Å². The van der Waals surface area contributed by atoms with E-state index in [-0.39, 0.29) is 46.9 Å². The van der Waals surface area contributed by atoms with E-state index in [1.165, 1.54) is 12.1 Å². The highest BCUT2D eigenvalue weighted by Gasteiger charge is 2.57. The van der Waals surface area contributed by atoms with Crippen LogP contribution >= 0.6 is 12.4 Å². The second-order valence-corrected chi connectivity index (χ2v) is 8.75. The first kappa shape index (κ1) is 20.2. The minimum absolute atomic E-state index is 0. The van der Waals surface area contributed by atoms with E-state index in [1.807, 2.05) is 0 Å². The van der Waals surface area contributed by atoms with Gasteiger partial charge in [-0.3, -0.25) is 4.79 Å². The molecule has 0 aromatic heterocycles. The van der Waals surface area contributed by atoms with Crippen LogP contribution in [0.5, 0.6) is 0 Å². The fourth-order valence-electron chi connectivity index (χ4n) is 4.03. The number of piperidine rings is 1. The molecular formula is C20H30ClFN2O. The summed E-state index contributed by atoms with van der Waals surface area (Å²) in [6, 6.07) is 6.47. The maximum Gasteiger partial charge on any atom is 0.224 e. The smallest absolute Gasteiger partial charge is 0.224 e. The first-order valence-corrected chi connectivity index (χ1v) is 9.06. The Bertz CT molecular complexity index is 591. The molecule has 1 amide bonds. The number of halogens is 2. The lowest BCUT2D eigenvalue weighted by Crippen LogP contribution is -2.36. The molecule has 2 aliphatic rings. The Kier molecular flexibility index (Phi) is 6.16. The van der Waals surface area contributed by atoms with Crippen LogP contribution < -0.4 is 10.6 Å². The summed E-state index contributed by atoms with van der Waals surface area (Å²) in [6.07, 6.45) is 4.06. The number of hydrogen-bond acceptors (Lipinski definition) is 2. The number of rotatable bonds is 4. The van der Waals surface area contributed by atoms with Crippen molar-refractivity contribution >= 4 is 18.3 Å². The molecule has 1 heterocycles. The van der Waals surface area contributed by atoms with Gasteiger partial charge in [0.05, 0.1) is 6.04 Å². The van der Waals surface area contributed by atoms with Crippen molar-refractivity contribution in [1.82, 2.24) is 10.6 Å². The topological polar surface area (TPSA) is 41.1 Å². The summed E-state index contributed by atoms with van der Waals surface area (Å²) in [5.41, 5.74) is 1.31. The molecule has 1 saturated heterocycles. The van der Waals surface area contributed by atoms with Crippen molar-refractivity contribution in [1.29, 1.82) is 0 Å². The lowest BCUT2D eigenvalue weighted by Gasteiger charge is -2.28. The third kappa shape index (κ3) is 4.95. The van der Waals surface area contributed by atoms with Crippen LogP contribution in [0.25, 0.3) is 0 Å². The van der Waals surface area contributed by atoms with Crippen LogP contribution in [0, 0.1) is 22.6 Å². The zero-order valence-electron chi connectivity index (χ0n) is 15.4. The van der Waals surface area contributed by atoms with E-state index < -0.39 is 0 Å². The summed E-state index contributed by atoms with van der Waals surface area (Å²) in [5.74, 6) is 0.0911. The summed E-state index contributed by atoms with van der Waals surface area (Å²) in [7, 11) is 0. The Hall–Kier alpha value is -1.13. The van der Waals surface area contributed by atoms with Gasteiger partial charge in [-0.15, -0.1) is 12.4 Å². The van der Waals surface area contributed by atoms with Gasteiger partial charge in [0, 0.05) is 5.92 Å². The maximum absolute atomic E-state index is 13.2. The van der Waals surface area contributed by atoms with E-state index in [2.05, 4.69) is 31.4 Å². The number of benzene rings is 1. The Morgan fingerprint density at radius 3 is 2.44 bits per heavy atom. The van der Waals surface area contributed by atoms with Gasteiger partial charge in [0.25, 0.3) is 0 Å². The first-order valence-electron chi connectivity index (χ1n) is 9.06. The Morgan fingerprint density at radius 1 is 1.28 bits per heavy atom. The molecule has 0 bridgehead atoms. The highest BCUT2D eigenvalue weighted by Crippen LogP contribution is 2.58. The molecule has 2 fully saturated rings. The molecule has 0 radical (unpaired) electrons. The average molecular weight is 369 g/mol. The first-order chi connectivity index (χ1) is 11.3. The molecule has 2 unspecified atom stereocenters. The number of hydrogen-bond donors (Lipinski definition) is 2. The van der Waals surface area contributed by atoms with Crippen LogP contribution in [0.15, 0.2) is 24.3 Å². The lowest BCUT2D eigenvalue weighted by atomic mass is 9.85. The number of carbonyl (C=O) groups excluding carboxylic acids is 1. The van der Waals surface area contributed by atoms with Gasteiger partial charge in [-0.1, -0.05) is 32.9 Å². The number of carbonyl (C=O) groups is 1. The van der Waals surface area contributed by atoms with Crippen molar-refractivity contribution < 1.29 is 9.18 Å². The van der Waals surface area contributed by atoms with Crippen LogP contribution in [0.4, 0.5) is 4.39 Å². The molecule has 3 rings (SSSR count). The van der Waals surface area contributed by atoms with Crippen LogP contribution in [-0.4, -0.2) is 19.0 Å². The van der Waals surface area contributed by atoms with Gasteiger partial charge < -0.3 is 10.6 Å². The lowest BCUT2D eigenvalue weighted by molar-refractivity contribution is -0.124. The average Bonchev–Trinajstić information content (AvgIpc) is 3.20. The van der Waals surface area contributed by atoms with Crippen LogP contribution in [0.2, 0.25) is 0 Å².